The smallest absolute Gasteiger partial charge is 0.276 e. The molecule has 4 saturated carbocycles. The van der Waals surface area contributed by atoms with Gasteiger partial charge < -0.3 is 5.32 Å². The average Bonchev–Trinajstić information content (AvgIpc) is 3.27. The van der Waals surface area contributed by atoms with Crippen molar-refractivity contribution in [3.63, 3.8) is 0 Å². The van der Waals surface area contributed by atoms with Crippen LogP contribution in [0.1, 0.15) is 49.0 Å². The topological polar surface area (TPSA) is 77.1 Å². The van der Waals surface area contributed by atoms with Gasteiger partial charge in [0.2, 0.25) is 0 Å². The van der Waals surface area contributed by atoms with E-state index < -0.39 is 0 Å². The van der Waals surface area contributed by atoms with Crippen molar-refractivity contribution in [2.45, 2.75) is 44.1 Å². The zero-order valence-electron chi connectivity index (χ0n) is 15.4. The molecule has 3 aromatic heterocycles. The first kappa shape index (κ1) is 16.7. The maximum absolute atomic E-state index is 12.7. The van der Waals surface area contributed by atoms with Gasteiger partial charge in [0.05, 0.1) is 21.9 Å². The Bertz CT molecular complexity index is 1050. The Hall–Kier alpha value is -2.22. The zero-order chi connectivity index (χ0) is 18.9. The van der Waals surface area contributed by atoms with E-state index in [0.29, 0.717) is 11.3 Å². The van der Waals surface area contributed by atoms with Crippen LogP contribution in [0.3, 0.4) is 0 Å². The summed E-state index contributed by atoms with van der Waals surface area (Å²) in [5.74, 6) is 2.33. The van der Waals surface area contributed by atoms with E-state index in [0.717, 1.165) is 27.9 Å². The number of fused-ring (bicyclic) bond motifs is 1. The lowest BCUT2D eigenvalue weighted by atomic mass is 9.53. The molecule has 4 aliphatic carbocycles. The fourth-order valence-electron chi connectivity index (χ4n) is 6.15. The number of nitrogens with zero attached hydrogens (tertiary/aromatic N) is 5. The van der Waals surface area contributed by atoms with Crippen molar-refractivity contribution in [1.29, 1.82) is 0 Å². The highest BCUT2D eigenvalue weighted by Gasteiger charge is 2.52. The minimum atomic E-state index is -0.244. The molecule has 4 bridgehead atoms. The third-order valence-electron chi connectivity index (χ3n) is 6.85. The fourth-order valence-corrected chi connectivity index (χ4v) is 6.45. The van der Waals surface area contributed by atoms with E-state index in [1.807, 2.05) is 6.20 Å². The molecule has 28 heavy (non-hydrogen) atoms. The van der Waals surface area contributed by atoms with Crippen LogP contribution in [0.5, 0.6) is 0 Å². The summed E-state index contributed by atoms with van der Waals surface area (Å²) in [6, 6.07) is 1.69. The molecule has 7 nitrogen and oxygen atoms in total. The van der Waals surface area contributed by atoms with Crippen LogP contribution < -0.4 is 5.32 Å². The molecule has 1 amide bonds. The second-order valence-corrected chi connectivity index (χ2v) is 9.79. The van der Waals surface area contributed by atoms with Gasteiger partial charge in [-0.25, -0.2) is 9.50 Å². The molecule has 4 fully saturated rings. The van der Waals surface area contributed by atoms with E-state index in [1.165, 1.54) is 38.5 Å². The molecule has 3 heterocycles. The maximum atomic E-state index is 12.7. The first-order chi connectivity index (χ1) is 13.6. The average molecular weight is 441 g/mol. The maximum Gasteiger partial charge on any atom is 0.276 e. The molecule has 3 aromatic rings. The summed E-state index contributed by atoms with van der Waals surface area (Å²) in [6.07, 6.45) is 15.2. The van der Waals surface area contributed by atoms with Gasteiger partial charge in [-0.2, -0.15) is 10.2 Å². The summed E-state index contributed by atoms with van der Waals surface area (Å²) in [5, 5.41) is 11.9. The Balaban J connectivity index is 1.24. The second-order valence-electron chi connectivity index (χ2n) is 8.87. The van der Waals surface area contributed by atoms with Gasteiger partial charge in [0.15, 0.2) is 11.3 Å². The van der Waals surface area contributed by atoms with Crippen LogP contribution in [-0.2, 0) is 5.54 Å². The van der Waals surface area contributed by atoms with Gasteiger partial charge in [0.1, 0.15) is 0 Å². The standard InChI is InChI=1S/C20H21BrN6O/c21-15-8-22-18-4-17(25-26(18)10-15)19(28)24-16-9-23-27(11-16)20-5-12-1-13(6-20)3-14(2-12)7-20/h4,8-14H,1-3,5-7H2,(H,24,28). The van der Waals surface area contributed by atoms with Crippen LogP contribution in [0, 0.1) is 17.8 Å². The zero-order valence-corrected chi connectivity index (χ0v) is 17.0. The monoisotopic (exact) mass is 440 g/mol. The van der Waals surface area contributed by atoms with Crippen LogP contribution in [0.2, 0.25) is 0 Å². The number of rotatable bonds is 3. The summed E-state index contributed by atoms with van der Waals surface area (Å²) in [7, 11) is 0. The molecule has 8 heteroatoms. The number of carbonyl (C=O) groups is 1. The molecule has 0 spiro atoms. The first-order valence-electron chi connectivity index (χ1n) is 9.94. The summed E-state index contributed by atoms with van der Waals surface area (Å²) < 4.78 is 4.56. The Kier molecular flexibility index (Phi) is 3.51. The lowest BCUT2D eigenvalue weighted by Crippen LogP contribution is -2.52. The molecule has 0 atom stereocenters. The number of amides is 1. The lowest BCUT2D eigenvalue weighted by Gasteiger charge is -2.56. The predicted molar refractivity (Wildman–Crippen MR) is 107 cm³/mol. The van der Waals surface area contributed by atoms with Crippen LogP contribution in [0.25, 0.3) is 5.65 Å². The van der Waals surface area contributed by atoms with E-state index in [-0.39, 0.29) is 11.4 Å². The third-order valence-corrected chi connectivity index (χ3v) is 7.26. The number of carbonyl (C=O) groups excluding carboxylic acids is 1. The predicted octanol–water partition coefficient (Wildman–Crippen LogP) is 3.87. The van der Waals surface area contributed by atoms with Crippen molar-refractivity contribution >= 4 is 33.2 Å². The molecule has 144 valence electrons. The summed E-state index contributed by atoms with van der Waals surface area (Å²) in [4.78, 5) is 16.9. The quantitative estimate of drug-likeness (QED) is 0.670. The number of nitrogens with one attached hydrogen (secondary N) is 1. The highest BCUT2D eigenvalue weighted by molar-refractivity contribution is 9.10. The van der Waals surface area contributed by atoms with Crippen molar-refractivity contribution < 1.29 is 4.79 Å². The Morgan fingerprint density at radius 2 is 1.82 bits per heavy atom. The molecule has 0 radical (unpaired) electrons. The van der Waals surface area contributed by atoms with Gasteiger partial charge in [-0.05, 0) is 72.2 Å². The van der Waals surface area contributed by atoms with E-state index >= 15 is 0 Å². The van der Waals surface area contributed by atoms with Crippen molar-refractivity contribution in [2.24, 2.45) is 17.8 Å². The minimum absolute atomic E-state index is 0.164. The van der Waals surface area contributed by atoms with E-state index in [4.69, 9.17) is 0 Å². The second kappa shape index (κ2) is 5.89. The van der Waals surface area contributed by atoms with Gasteiger partial charge in [0.25, 0.3) is 5.91 Å². The van der Waals surface area contributed by atoms with Gasteiger partial charge in [-0.3, -0.25) is 9.48 Å². The summed E-state index contributed by atoms with van der Waals surface area (Å²) in [6.45, 7) is 0. The van der Waals surface area contributed by atoms with E-state index in [2.05, 4.69) is 41.1 Å². The highest BCUT2D eigenvalue weighted by Crippen LogP contribution is 2.58. The van der Waals surface area contributed by atoms with Gasteiger partial charge >= 0.3 is 0 Å². The van der Waals surface area contributed by atoms with Gasteiger partial charge in [-0.1, -0.05) is 0 Å². The van der Waals surface area contributed by atoms with Crippen LogP contribution in [-0.4, -0.2) is 30.3 Å². The number of hydrogen-bond donors (Lipinski definition) is 1. The normalized spacial score (nSPS) is 30.8. The summed E-state index contributed by atoms with van der Waals surface area (Å²) >= 11 is 3.37. The SMILES string of the molecule is O=C(Nc1cnn(C23CC4CC(CC(C4)C2)C3)c1)c1cc2ncc(Br)cn2n1. The lowest BCUT2D eigenvalue weighted by molar-refractivity contribution is -0.0493. The van der Waals surface area contributed by atoms with Crippen LogP contribution >= 0.6 is 15.9 Å². The molecule has 0 saturated heterocycles. The molecule has 0 aliphatic heterocycles. The third kappa shape index (κ3) is 2.61. The molecule has 0 aromatic carbocycles. The van der Waals surface area contributed by atoms with Crippen LogP contribution in [0.4, 0.5) is 5.69 Å². The van der Waals surface area contributed by atoms with Gasteiger partial charge in [-0.15, -0.1) is 0 Å². The number of halogens is 1. The van der Waals surface area contributed by atoms with Crippen molar-refractivity contribution in [3.8, 4) is 0 Å². The van der Waals surface area contributed by atoms with Crippen molar-refractivity contribution in [1.82, 2.24) is 24.4 Å². The highest BCUT2D eigenvalue weighted by atomic mass is 79.9. The Morgan fingerprint density at radius 3 is 2.54 bits per heavy atom. The molecule has 1 N–H and O–H groups in total. The van der Waals surface area contributed by atoms with E-state index in [1.54, 1.807) is 29.2 Å². The molecular weight excluding hydrogens is 420 g/mol. The van der Waals surface area contributed by atoms with E-state index in [9.17, 15) is 4.79 Å². The minimum Gasteiger partial charge on any atom is -0.318 e. The molecule has 7 rings (SSSR count). The van der Waals surface area contributed by atoms with Gasteiger partial charge in [0, 0.05) is 24.7 Å². The largest absolute Gasteiger partial charge is 0.318 e. The summed E-state index contributed by atoms with van der Waals surface area (Å²) in [5.41, 5.74) is 1.87. The van der Waals surface area contributed by atoms with Crippen LogP contribution in [0.15, 0.2) is 35.3 Å². The number of aromatic nitrogens is 5. The Morgan fingerprint density at radius 1 is 1.11 bits per heavy atom. The number of hydrogen-bond acceptors (Lipinski definition) is 4. The number of anilines is 1. The molecular formula is C20H21BrN6O. The van der Waals surface area contributed by atoms with Crippen molar-refractivity contribution in [2.75, 3.05) is 5.32 Å². The Labute approximate surface area is 170 Å². The van der Waals surface area contributed by atoms with Crippen molar-refractivity contribution in [3.05, 3.63) is 41.0 Å². The first-order valence-corrected chi connectivity index (χ1v) is 10.7. The molecule has 4 aliphatic rings. The fraction of sp³-hybridized carbons (Fsp3) is 0.500. The molecule has 0 unspecified atom stereocenters.